The fourth-order valence-electron chi connectivity index (χ4n) is 9.84. The first-order chi connectivity index (χ1) is 49.7. The molecule has 582 valence electrons. The first-order valence-electron chi connectivity index (χ1n) is 39.1. The maximum absolute atomic E-state index is 13.1. The van der Waals surface area contributed by atoms with E-state index < -0.39 is 97.5 Å². The van der Waals surface area contributed by atoms with Gasteiger partial charge in [0.1, 0.15) is 19.3 Å². The molecule has 0 bridgehead atoms. The van der Waals surface area contributed by atoms with Gasteiger partial charge in [-0.1, -0.05) is 270 Å². The average Bonchev–Trinajstić information content (AvgIpc) is 0.909. The Hall–Kier alpha value is -5.06. The van der Waals surface area contributed by atoms with E-state index in [0.717, 1.165) is 180 Å². The predicted octanol–water partition coefficient (Wildman–Crippen LogP) is 22.7. The Labute approximate surface area is 617 Å². The van der Waals surface area contributed by atoms with Crippen molar-refractivity contribution in [1.82, 2.24) is 0 Å². The number of phosphoric acid groups is 2. The summed E-state index contributed by atoms with van der Waals surface area (Å²) < 4.78 is 68.4. The Balaban J connectivity index is 5.44. The standard InChI is InChI=1S/C83H138O17P2/c1-5-9-13-17-21-25-29-33-36-37-38-39-42-45-48-52-56-60-64-68-81(86)94-74-79(100-83(88)70-66-62-58-54-50-46-41-35-31-27-23-19-15-11-7-3)76-98-102(91,92)96-72-77(84)71-95-101(89,90)97-75-78(99-82(87)69-65-61-57-53-49-43-32-28-24-20-16-12-8-4)73-93-80(85)67-63-59-55-51-47-44-40-34-30-26-22-18-14-10-6-2/h10,14,16,20-23,25-28,32-36,38-41,47,51,59,63,77-79,84H,5-9,11-13,15,17-19,24,29-31,37,42-46,48-50,52-58,60-62,64-76H2,1-4H3,(H,89,90)(H,91,92)/b14-10-,20-16-,25-21-,26-22-,27-23-,32-28-,36-33-,39-38-,40-34-,41-35-,51-47-,63-59-. The summed E-state index contributed by atoms with van der Waals surface area (Å²) in [5.74, 6) is -2.37. The van der Waals surface area contributed by atoms with Crippen LogP contribution in [-0.2, 0) is 65.4 Å². The van der Waals surface area contributed by atoms with Gasteiger partial charge in [-0.2, -0.15) is 0 Å². The molecule has 5 atom stereocenters. The van der Waals surface area contributed by atoms with Crippen LogP contribution in [0.25, 0.3) is 0 Å². The van der Waals surface area contributed by atoms with E-state index in [4.69, 9.17) is 37.0 Å². The zero-order chi connectivity index (χ0) is 74.6. The van der Waals surface area contributed by atoms with Crippen molar-refractivity contribution in [3.05, 3.63) is 146 Å². The van der Waals surface area contributed by atoms with Gasteiger partial charge < -0.3 is 33.8 Å². The zero-order valence-corrected chi connectivity index (χ0v) is 65.3. The molecule has 19 heteroatoms. The van der Waals surface area contributed by atoms with Crippen LogP contribution in [0.4, 0.5) is 0 Å². The molecule has 5 unspecified atom stereocenters. The lowest BCUT2D eigenvalue weighted by Crippen LogP contribution is -2.30. The summed E-state index contributed by atoms with van der Waals surface area (Å²) in [7, 11) is -10.00. The molecule has 0 aliphatic rings. The second kappa shape index (κ2) is 74.2. The van der Waals surface area contributed by atoms with Crippen molar-refractivity contribution in [3.63, 3.8) is 0 Å². The minimum absolute atomic E-state index is 0.0548. The van der Waals surface area contributed by atoms with Crippen LogP contribution in [0.15, 0.2) is 146 Å². The van der Waals surface area contributed by atoms with E-state index in [2.05, 4.69) is 149 Å². The molecule has 0 aromatic heterocycles. The summed E-state index contributed by atoms with van der Waals surface area (Å²) in [5, 5.41) is 10.6. The van der Waals surface area contributed by atoms with Crippen LogP contribution >= 0.6 is 15.6 Å². The van der Waals surface area contributed by atoms with E-state index in [9.17, 15) is 43.2 Å². The van der Waals surface area contributed by atoms with Crippen molar-refractivity contribution >= 4 is 39.5 Å². The molecule has 0 aromatic carbocycles. The van der Waals surface area contributed by atoms with Crippen LogP contribution in [0.3, 0.4) is 0 Å². The average molecular weight is 1470 g/mol. The molecule has 0 aliphatic carbocycles. The van der Waals surface area contributed by atoms with Gasteiger partial charge in [0.05, 0.1) is 32.8 Å². The van der Waals surface area contributed by atoms with Gasteiger partial charge in [-0.25, -0.2) is 9.13 Å². The van der Waals surface area contributed by atoms with Crippen molar-refractivity contribution in [2.24, 2.45) is 0 Å². The fourth-order valence-corrected chi connectivity index (χ4v) is 11.4. The molecule has 0 saturated carbocycles. The Morgan fingerprint density at radius 2 is 0.569 bits per heavy atom. The number of carbonyl (C=O) groups is 4. The van der Waals surface area contributed by atoms with Crippen molar-refractivity contribution < 1.29 is 80.2 Å². The summed E-state index contributed by atoms with van der Waals surface area (Å²) in [6, 6.07) is 0. The molecule has 0 aliphatic heterocycles. The minimum Gasteiger partial charge on any atom is -0.462 e. The molecule has 0 saturated heterocycles. The lowest BCUT2D eigenvalue weighted by atomic mass is 10.1. The van der Waals surface area contributed by atoms with Crippen molar-refractivity contribution in [2.45, 2.75) is 316 Å². The number of rotatable bonds is 72. The van der Waals surface area contributed by atoms with E-state index in [1.165, 1.54) is 38.5 Å². The molecule has 0 spiro atoms. The molecule has 0 amide bonds. The van der Waals surface area contributed by atoms with Crippen LogP contribution in [-0.4, -0.2) is 96.7 Å². The number of aliphatic hydroxyl groups excluding tert-OH is 1. The van der Waals surface area contributed by atoms with E-state index in [0.29, 0.717) is 25.7 Å². The normalized spacial score (nSPS) is 14.7. The highest BCUT2D eigenvalue weighted by Gasteiger charge is 2.30. The molecule has 0 heterocycles. The number of unbranched alkanes of at least 4 members (excludes halogenated alkanes) is 23. The molecular formula is C83H138O17P2. The number of hydrogen-bond donors (Lipinski definition) is 3. The summed E-state index contributed by atoms with van der Waals surface area (Å²) in [4.78, 5) is 72.9. The predicted molar refractivity (Wildman–Crippen MR) is 417 cm³/mol. The van der Waals surface area contributed by atoms with Crippen LogP contribution in [0.2, 0.25) is 0 Å². The lowest BCUT2D eigenvalue weighted by molar-refractivity contribution is -0.161. The Morgan fingerprint density at radius 3 is 0.912 bits per heavy atom. The molecular weight excluding hydrogens is 1330 g/mol. The Morgan fingerprint density at radius 1 is 0.294 bits per heavy atom. The zero-order valence-electron chi connectivity index (χ0n) is 63.5. The topological polar surface area (TPSA) is 237 Å². The molecule has 17 nitrogen and oxygen atoms in total. The monoisotopic (exact) mass is 1470 g/mol. The maximum atomic E-state index is 13.1. The van der Waals surface area contributed by atoms with Crippen molar-refractivity contribution in [1.29, 1.82) is 0 Å². The van der Waals surface area contributed by atoms with Gasteiger partial charge in [-0.05, 0) is 148 Å². The fraction of sp³-hybridized carbons (Fsp3) is 0.663. The van der Waals surface area contributed by atoms with E-state index in [-0.39, 0.29) is 25.7 Å². The van der Waals surface area contributed by atoms with Crippen LogP contribution in [0.1, 0.15) is 297 Å². The molecule has 0 radical (unpaired) electrons. The lowest BCUT2D eigenvalue weighted by Gasteiger charge is -2.21. The molecule has 0 aromatic rings. The third-order valence-electron chi connectivity index (χ3n) is 15.8. The highest BCUT2D eigenvalue weighted by molar-refractivity contribution is 7.47. The van der Waals surface area contributed by atoms with Crippen LogP contribution in [0.5, 0.6) is 0 Å². The van der Waals surface area contributed by atoms with Gasteiger partial charge in [-0.15, -0.1) is 0 Å². The van der Waals surface area contributed by atoms with E-state index >= 15 is 0 Å². The summed E-state index contributed by atoms with van der Waals surface area (Å²) in [6.45, 7) is 4.47. The van der Waals surface area contributed by atoms with Gasteiger partial charge in [0.2, 0.25) is 0 Å². The van der Waals surface area contributed by atoms with E-state index in [1.54, 1.807) is 6.08 Å². The summed E-state index contributed by atoms with van der Waals surface area (Å²) in [5.41, 5.74) is 0. The van der Waals surface area contributed by atoms with E-state index in [1.807, 2.05) is 18.2 Å². The smallest absolute Gasteiger partial charge is 0.462 e. The molecule has 3 N–H and O–H groups in total. The third kappa shape index (κ3) is 73.3. The van der Waals surface area contributed by atoms with Gasteiger partial charge in [0.15, 0.2) is 12.2 Å². The first kappa shape index (κ1) is 96.9. The molecule has 102 heavy (non-hydrogen) atoms. The highest BCUT2D eigenvalue weighted by Crippen LogP contribution is 2.45. The van der Waals surface area contributed by atoms with Crippen LogP contribution in [0, 0.1) is 0 Å². The molecule has 0 rings (SSSR count). The number of hydrogen-bond acceptors (Lipinski definition) is 15. The largest absolute Gasteiger partial charge is 0.472 e. The SMILES string of the molecule is CC/C=C\C/C=C\C/C=C\C/C=C\C/C=C\CC(=O)OCC(COP(=O)(O)OCC(O)COP(=O)(O)OCC(COC(=O)CCCCCCCC/C=C\C/C=C\C/C=C\CCCCC)OC(=O)CCCCCCC/C=C\C/C=C\CCCCC)OC(=O)CCCCCCC/C=C\C/C=C\CCC. The third-order valence-corrected chi connectivity index (χ3v) is 17.7. The molecule has 0 fully saturated rings. The second-order valence-electron chi connectivity index (χ2n) is 25.6. The number of aliphatic hydroxyl groups is 1. The van der Waals surface area contributed by atoms with Crippen molar-refractivity contribution in [3.8, 4) is 0 Å². The quantitative estimate of drug-likeness (QED) is 0.0169. The van der Waals surface area contributed by atoms with Crippen LogP contribution < -0.4 is 0 Å². The summed E-state index contributed by atoms with van der Waals surface area (Å²) in [6.07, 6.45) is 84.3. The number of allylic oxidation sites excluding steroid dienone is 23. The number of carbonyl (C=O) groups excluding carboxylic acids is 4. The number of phosphoric ester groups is 2. The summed E-state index contributed by atoms with van der Waals surface area (Å²) >= 11 is 0. The van der Waals surface area contributed by atoms with Gasteiger partial charge in [0.25, 0.3) is 0 Å². The minimum atomic E-state index is -5.00. The van der Waals surface area contributed by atoms with Gasteiger partial charge >= 0.3 is 39.5 Å². The van der Waals surface area contributed by atoms with Gasteiger partial charge in [-0.3, -0.25) is 37.3 Å². The van der Waals surface area contributed by atoms with Gasteiger partial charge in [0, 0.05) is 19.3 Å². The number of esters is 4. The highest BCUT2D eigenvalue weighted by atomic mass is 31.2. The first-order valence-corrected chi connectivity index (χ1v) is 42.1. The Kier molecular flexibility index (Phi) is 70.5. The van der Waals surface area contributed by atoms with Crippen molar-refractivity contribution in [2.75, 3.05) is 39.6 Å². The maximum Gasteiger partial charge on any atom is 0.472 e. The number of ether oxygens (including phenoxy) is 4. The second-order valence-corrected chi connectivity index (χ2v) is 28.5. The Bertz CT molecular complexity index is 2510.